The summed E-state index contributed by atoms with van der Waals surface area (Å²) in [6, 6.07) is 17.3. The molecule has 2 unspecified atom stereocenters. The Morgan fingerprint density at radius 3 is 1.81 bits per heavy atom. The number of hydrogen-bond donors (Lipinski definition) is 7. The highest BCUT2D eigenvalue weighted by Gasteiger charge is 2.50. The summed E-state index contributed by atoms with van der Waals surface area (Å²) in [5.74, 6) is -1.95. The number of sulfonamides is 2. The predicted molar refractivity (Wildman–Crippen MR) is 270 cm³/mol. The van der Waals surface area contributed by atoms with Gasteiger partial charge in [-0.25, -0.2) is 33.2 Å². The van der Waals surface area contributed by atoms with Gasteiger partial charge in [0, 0.05) is 40.4 Å². The van der Waals surface area contributed by atoms with Crippen LogP contribution < -0.4 is 36.0 Å². The van der Waals surface area contributed by atoms with Crippen LogP contribution in [0.4, 0.5) is 25.8 Å². The zero-order valence-corrected chi connectivity index (χ0v) is 41.9. The van der Waals surface area contributed by atoms with E-state index < -0.39 is 84.4 Å². The van der Waals surface area contributed by atoms with Gasteiger partial charge in [0.05, 0.1) is 6.54 Å². The van der Waals surface area contributed by atoms with Gasteiger partial charge in [0.2, 0.25) is 0 Å². The molecule has 5 aliphatic rings. The number of hydrogen-bond acceptors (Lipinski definition) is 12. The van der Waals surface area contributed by atoms with Crippen LogP contribution in [-0.2, 0) is 45.7 Å². The molecule has 2 fully saturated rings. The number of benzene rings is 3. The van der Waals surface area contributed by atoms with Crippen LogP contribution in [0.2, 0.25) is 0 Å². The molecule has 0 radical (unpaired) electrons. The summed E-state index contributed by atoms with van der Waals surface area (Å²) in [5.41, 5.74) is 10.1. The second-order valence-electron chi connectivity index (χ2n) is 19.2. The van der Waals surface area contributed by atoms with Crippen molar-refractivity contribution in [1.82, 2.24) is 45.0 Å². The SMILES string of the molecule is CC12CCCC1C(c1ccc(NC(=O)NCC(=O)n3ccc(S(=O)(=O)NC(=O)Nc4c5c(cc6c4CCC6)CCC5)n3)cc1)=C1CCCC1=C2NC(=O)NS(=O)(=O)c1ccn(C(=O)CNC(=O)c2ccccc2)n1. The van der Waals surface area contributed by atoms with Crippen molar-refractivity contribution in [2.45, 2.75) is 94.0 Å². The molecule has 5 aromatic rings. The first kappa shape index (κ1) is 49.6. The fourth-order valence-electron chi connectivity index (χ4n) is 11.2. The molecule has 0 aliphatic heterocycles. The van der Waals surface area contributed by atoms with Gasteiger partial charge >= 0.3 is 18.1 Å². The van der Waals surface area contributed by atoms with Gasteiger partial charge in [0.15, 0.2) is 10.1 Å². The molecule has 74 heavy (non-hydrogen) atoms. The van der Waals surface area contributed by atoms with Crippen molar-refractivity contribution in [3.05, 3.63) is 135 Å². The molecule has 23 heteroatoms. The number of urea groups is 3. The number of amides is 7. The minimum absolute atomic E-state index is 0.0235. The summed E-state index contributed by atoms with van der Waals surface area (Å²) in [5, 5.41) is 20.0. The lowest BCUT2D eigenvalue weighted by molar-refractivity contribution is 0.0849. The zero-order chi connectivity index (χ0) is 51.9. The van der Waals surface area contributed by atoms with Crippen molar-refractivity contribution in [2.75, 3.05) is 23.7 Å². The Morgan fingerprint density at radius 1 is 0.622 bits per heavy atom. The summed E-state index contributed by atoms with van der Waals surface area (Å²) >= 11 is 0. The van der Waals surface area contributed by atoms with Gasteiger partial charge in [-0.05, 0) is 157 Å². The molecule has 3 aromatic carbocycles. The number of fused-ring (bicyclic) bond motifs is 4. The van der Waals surface area contributed by atoms with Crippen molar-refractivity contribution >= 4 is 72.8 Å². The predicted octanol–water partition coefficient (Wildman–Crippen LogP) is 5.80. The van der Waals surface area contributed by atoms with E-state index in [1.807, 2.05) is 16.9 Å². The second kappa shape index (κ2) is 19.8. The summed E-state index contributed by atoms with van der Waals surface area (Å²) < 4.78 is 58.7. The fourth-order valence-corrected chi connectivity index (χ4v) is 12.9. The average molecular weight is 1040 g/mol. The van der Waals surface area contributed by atoms with Crippen LogP contribution in [0.3, 0.4) is 0 Å². The van der Waals surface area contributed by atoms with Crippen LogP contribution in [0.5, 0.6) is 0 Å². The summed E-state index contributed by atoms with van der Waals surface area (Å²) in [4.78, 5) is 77.8. The number of carbonyl (C=O) groups excluding carboxylic acids is 6. The molecule has 2 aromatic heterocycles. The third kappa shape index (κ3) is 9.83. The van der Waals surface area contributed by atoms with Crippen LogP contribution in [-0.4, -0.2) is 85.3 Å². The van der Waals surface area contributed by atoms with Gasteiger partial charge in [-0.1, -0.05) is 49.7 Å². The van der Waals surface area contributed by atoms with Crippen molar-refractivity contribution in [3.8, 4) is 0 Å². The molecule has 0 spiro atoms. The van der Waals surface area contributed by atoms with E-state index in [2.05, 4.69) is 54.5 Å². The lowest BCUT2D eigenvalue weighted by atomic mass is 9.65. The minimum atomic E-state index is -4.52. The molecule has 5 aliphatic carbocycles. The molecule has 0 bridgehead atoms. The van der Waals surface area contributed by atoms with Crippen LogP contribution in [0.25, 0.3) is 5.57 Å². The van der Waals surface area contributed by atoms with Crippen LogP contribution in [0.15, 0.2) is 112 Å². The molecule has 7 N–H and O–H groups in total. The van der Waals surface area contributed by atoms with Crippen LogP contribution in [0, 0.1) is 11.3 Å². The number of anilines is 2. The molecule has 2 atom stereocenters. The highest BCUT2D eigenvalue weighted by molar-refractivity contribution is 7.90. The molecule has 2 heterocycles. The molecular formula is C51H53N11O10S2. The Balaban J connectivity index is 0.743. The third-order valence-electron chi connectivity index (χ3n) is 14.6. The Labute approximate surface area is 426 Å². The Morgan fingerprint density at radius 2 is 1.19 bits per heavy atom. The highest BCUT2D eigenvalue weighted by Crippen LogP contribution is 2.61. The number of nitrogens with one attached hydrogen (secondary N) is 7. The number of rotatable bonds is 13. The molecule has 384 valence electrons. The van der Waals surface area contributed by atoms with Crippen molar-refractivity contribution in [1.29, 1.82) is 0 Å². The molecule has 21 nitrogen and oxygen atoms in total. The summed E-state index contributed by atoms with van der Waals surface area (Å²) in [6.45, 7) is 1.09. The highest BCUT2D eigenvalue weighted by atomic mass is 32.2. The smallest absolute Gasteiger partial charge is 0.333 e. The van der Waals surface area contributed by atoms with Crippen LogP contribution in [0.1, 0.15) is 106 Å². The van der Waals surface area contributed by atoms with Gasteiger partial charge in [0.25, 0.3) is 37.8 Å². The largest absolute Gasteiger partial charge is 0.343 e. The maximum Gasteiger partial charge on any atom is 0.333 e. The lowest BCUT2D eigenvalue weighted by Crippen LogP contribution is -2.45. The number of aryl methyl sites for hydroxylation is 2. The first-order valence-electron chi connectivity index (χ1n) is 24.4. The number of carbonyl (C=O) groups is 6. The van der Waals surface area contributed by atoms with E-state index in [0.29, 0.717) is 29.1 Å². The first-order chi connectivity index (χ1) is 35.5. The Bertz CT molecular complexity index is 3420. The molecule has 10 rings (SSSR count). The average Bonchev–Trinajstić information content (AvgIpc) is 4.24. The first-order valence-corrected chi connectivity index (χ1v) is 27.4. The Hall–Kier alpha value is -7.92. The summed E-state index contributed by atoms with van der Waals surface area (Å²) in [6.07, 6.45) is 12.2. The molecular weight excluding hydrogens is 991 g/mol. The standard InChI is InChI=1S/C51H53N11O10S2/c1-51-24-8-17-39(51)44(37-15-7-16-38(37)46(51)56-50(68)60-74(71,72)41-22-25-61(57-41)42(63)28-52-47(65)31-9-3-2-4-10-31)30-18-20-34(21-19-30)54-48(66)53-29-43(64)62-26-23-40(58-62)73(69,70)59-49(67)55-45-35-13-5-11-32(35)27-33-12-6-14-36(33)45/h2-4,9-10,18-23,25-27,39H,5-8,11-17,24,28-29H2,1H3,(H,52,65)(H2,53,54,66)(H2,55,59,67)(H2,56,60,68). The van der Waals surface area contributed by atoms with Gasteiger partial charge in [-0.15, -0.1) is 0 Å². The maximum absolute atomic E-state index is 13.6. The fraction of sp³-hybridized carbons (Fsp3) is 0.333. The second-order valence-corrected chi connectivity index (χ2v) is 22.5. The lowest BCUT2D eigenvalue weighted by Gasteiger charge is -2.42. The maximum atomic E-state index is 13.6. The number of nitrogens with zero attached hydrogens (tertiary/aromatic N) is 4. The van der Waals surface area contributed by atoms with Crippen LogP contribution >= 0.6 is 0 Å². The number of aromatic nitrogens is 4. The molecule has 0 saturated heterocycles. The molecule has 7 amide bonds. The van der Waals surface area contributed by atoms with Crippen molar-refractivity contribution < 1.29 is 45.6 Å². The number of allylic oxidation sites excluding steroid dienone is 4. The van der Waals surface area contributed by atoms with Gasteiger partial charge < -0.3 is 26.6 Å². The normalized spacial score (nSPS) is 18.7. The van der Waals surface area contributed by atoms with Crippen molar-refractivity contribution in [2.24, 2.45) is 11.3 Å². The molecule has 2 saturated carbocycles. The van der Waals surface area contributed by atoms with E-state index in [-0.39, 0.29) is 5.92 Å². The Kier molecular flexibility index (Phi) is 13.3. The van der Waals surface area contributed by atoms with E-state index in [9.17, 15) is 45.6 Å². The van der Waals surface area contributed by atoms with Gasteiger partial charge in [-0.3, -0.25) is 14.4 Å². The van der Waals surface area contributed by atoms with Gasteiger partial charge in [-0.2, -0.15) is 27.0 Å². The van der Waals surface area contributed by atoms with E-state index in [1.165, 1.54) is 11.1 Å². The third-order valence-corrected chi connectivity index (χ3v) is 17.1. The van der Waals surface area contributed by atoms with E-state index in [4.69, 9.17) is 0 Å². The minimum Gasteiger partial charge on any atom is -0.343 e. The zero-order valence-electron chi connectivity index (χ0n) is 40.2. The quantitative estimate of drug-likeness (QED) is 0.0737. The topological polar surface area (TPSA) is 291 Å². The monoisotopic (exact) mass is 1040 g/mol. The van der Waals surface area contributed by atoms with E-state index >= 15 is 0 Å². The van der Waals surface area contributed by atoms with Gasteiger partial charge in [0.1, 0.15) is 6.54 Å². The van der Waals surface area contributed by atoms with Crippen molar-refractivity contribution in [3.63, 3.8) is 0 Å². The van der Waals surface area contributed by atoms with E-state index in [1.54, 1.807) is 42.5 Å². The van der Waals surface area contributed by atoms with E-state index in [0.717, 1.165) is 138 Å². The summed E-state index contributed by atoms with van der Waals surface area (Å²) in [7, 11) is -8.98.